The van der Waals surface area contributed by atoms with E-state index in [1.807, 2.05) is 50.2 Å². The molecule has 0 saturated heterocycles. The van der Waals surface area contributed by atoms with Crippen LogP contribution in [-0.2, 0) is 5.54 Å². The number of urea groups is 1. The third-order valence-corrected chi connectivity index (χ3v) is 5.19. The first kappa shape index (κ1) is 20.1. The van der Waals surface area contributed by atoms with Crippen LogP contribution in [0.15, 0.2) is 59.7 Å². The fourth-order valence-electron chi connectivity index (χ4n) is 3.53. The van der Waals surface area contributed by atoms with E-state index in [2.05, 4.69) is 17.3 Å². The number of hydrogen-bond donors (Lipinski definition) is 1. The molecule has 0 saturated carbocycles. The van der Waals surface area contributed by atoms with Crippen molar-refractivity contribution in [3.63, 3.8) is 0 Å². The summed E-state index contributed by atoms with van der Waals surface area (Å²) in [5.74, 6) is -0.326. The van der Waals surface area contributed by atoms with Crippen LogP contribution in [-0.4, -0.2) is 23.3 Å². The highest BCUT2D eigenvalue weighted by Gasteiger charge is 2.33. The van der Waals surface area contributed by atoms with Crippen LogP contribution in [0.3, 0.4) is 0 Å². The Balaban J connectivity index is 1.78. The number of benzene rings is 2. The SMILES string of the molecule is CCCCC1=NN(C(=O)NC(C)(C)c2ccccc2)CC1c1cccc(F)c1. The van der Waals surface area contributed by atoms with E-state index in [0.29, 0.717) is 6.54 Å². The minimum atomic E-state index is -0.519. The monoisotopic (exact) mass is 381 g/mol. The molecule has 3 rings (SSSR count). The Hall–Kier alpha value is -2.69. The quantitative estimate of drug-likeness (QED) is 0.714. The van der Waals surface area contributed by atoms with E-state index in [4.69, 9.17) is 0 Å². The van der Waals surface area contributed by atoms with Gasteiger partial charge in [0.2, 0.25) is 0 Å². The van der Waals surface area contributed by atoms with Crippen LogP contribution >= 0.6 is 0 Å². The minimum Gasteiger partial charge on any atom is -0.328 e. The van der Waals surface area contributed by atoms with E-state index in [9.17, 15) is 9.18 Å². The number of unbranched alkanes of at least 4 members (excludes halogenated alkanes) is 1. The predicted octanol–water partition coefficient (Wildman–Crippen LogP) is 5.42. The number of halogens is 1. The van der Waals surface area contributed by atoms with E-state index in [0.717, 1.165) is 36.1 Å². The van der Waals surface area contributed by atoms with Crippen molar-refractivity contribution in [3.05, 3.63) is 71.5 Å². The maximum Gasteiger partial charge on any atom is 0.338 e. The summed E-state index contributed by atoms with van der Waals surface area (Å²) in [6.07, 6.45) is 2.85. The van der Waals surface area contributed by atoms with Crippen LogP contribution in [0.25, 0.3) is 0 Å². The molecule has 0 spiro atoms. The second kappa shape index (κ2) is 8.55. The van der Waals surface area contributed by atoms with Gasteiger partial charge in [0.1, 0.15) is 5.82 Å². The second-order valence-electron chi connectivity index (χ2n) is 7.81. The van der Waals surface area contributed by atoms with Crippen LogP contribution in [0.5, 0.6) is 0 Å². The van der Waals surface area contributed by atoms with E-state index >= 15 is 0 Å². The van der Waals surface area contributed by atoms with Crippen molar-refractivity contribution in [1.29, 1.82) is 0 Å². The summed E-state index contributed by atoms with van der Waals surface area (Å²) in [6.45, 7) is 6.50. The Morgan fingerprint density at radius 3 is 2.64 bits per heavy atom. The summed E-state index contributed by atoms with van der Waals surface area (Å²) in [4.78, 5) is 12.9. The molecule has 0 radical (unpaired) electrons. The van der Waals surface area contributed by atoms with Crippen LogP contribution in [0.2, 0.25) is 0 Å². The molecule has 1 N–H and O–H groups in total. The molecule has 1 aliphatic heterocycles. The molecule has 0 aromatic heterocycles. The Morgan fingerprint density at radius 1 is 1.21 bits per heavy atom. The molecule has 2 aromatic rings. The van der Waals surface area contributed by atoms with Crippen LogP contribution in [0, 0.1) is 5.82 Å². The topological polar surface area (TPSA) is 44.7 Å². The number of nitrogens with one attached hydrogen (secondary N) is 1. The van der Waals surface area contributed by atoms with Gasteiger partial charge >= 0.3 is 6.03 Å². The van der Waals surface area contributed by atoms with Gasteiger partial charge in [-0.3, -0.25) is 0 Å². The van der Waals surface area contributed by atoms with E-state index < -0.39 is 5.54 Å². The summed E-state index contributed by atoms with van der Waals surface area (Å²) < 4.78 is 13.7. The predicted molar refractivity (Wildman–Crippen MR) is 111 cm³/mol. The summed E-state index contributed by atoms with van der Waals surface area (Å²) in [6, 6.07) is 16.2. The lowest BCUT2D eigenvalue weighted by Crippen LogP contribution is -2.46. The first-order chi connectivity index (χ1) is 13.4. The molecular formula is C23H28FN3O. The molecule has 0 aliphatic carbocycles. The Morgan fingerprint density at radius 2 is 1.96 bits per heavy atom. The molecule has 2 aromatic carbocycles. The van der Waals surface area contributed by atoms with Gasteiger partial charge < -0.3 is 5.32 Å². The lowest BCUT2D eigenvalue weighted by Gasteiger charge is -2.28. The number of amides is 2. The average Bonchev–Trinajstić information content (AvgIpc) is 3.11. The van der Waals surface area contributed by atoms with Crippen molar-refractivity contribution >= 4 is 11.7 Å². The van der Waals surface area contributed by atoms with Crippen molar-refractivity contribution in [2.45, 2.75) is 51.5 Å². The van der Waals surface area contributed by atoms with E-state index in [-0.39, 0.29) is 17.8 Å². The van der Waals surface area contributed by atoms with Crippen molar-refractivity contribution in [2.75, 3.05) is 6.54 Å². The van der Waals surface area contributed by atoms with Crippen LogP contribution in [0.4, 0.5) is 9.18 Å². The van der Waals surface area contributed by atoms with Crippen molar-refractivity contribution in [3.8, 4) is 0 Å². The Labute approximate surface area is 166 Å². The zero-order chi connectivity index (χ0) is 20.1. The van der Waals surface area contributed by atoms with Gasteiger partial charge in [0.05, 0.1) is 12.1 Å². The third-order valence-electron chi connectivity index (χ3n) is 5.19. The molecule has 28 heavy (non-hydrogen) atoms. The summed E-state index contributed by atoms with van der Waals surface area (Å²) in [7, 11) is 0. The molecule has 1 heterocycles. The number of nitrogens with zero attached hydrogens (tertiary/aromatic N) is 2. The molecule has 4 nitrogen and oxygen atoms in total. The molecule has 5 heteroatoms. The van der Waals surface area contributed by atoms with Crippen molar-refractivity contribution in [2.24, 2.45) is 5.10 Å². The van der Waals surface area contributed by atoms with Crippen LogP contribution in [0.1, 0.15) is 57.1 Å². The number of hydrazone groups is 1. The Bertz CT molecular complexity index is 848. The van der Waals surface area contributed by atoms with Gasteiger partial charge in [-0.15, -0.1) is 0 Å². The second-order valence-corrected chi connectivity index (χ2v) is 7.81. The third kappa shape index (κ3) is 4.58. The molecule has 0 fully saturated rings. The summed E-state index contributed by atoms with van der Waals surface area (Å²) in [5.41, 5.74) is 2.32. The van der Waals surface area contributed by atoms with Gasteiger partial charge in [-0.2, -0.15) is 5.10 Å². The maximum absolute atomic E-state index is 13.7. The number of carbonyl (C=O) groups is 1. The molecule has 0 bridgehead atoms. The molecule has 1 aliphatic rings. The minimum absolute atomic E-state index is 0.0622. The fourth-order valence-corrected chi connectivity index (χ4v) is 3.53. The van der Waals surface area contributed by atoms with Gasteiger partial charge in [0.25, 0.3) is 0 Å². The van der Waals surface area contributed by atoms with Gasteiger partial charge in [0, 0.05) is 11.6 Å². The molecule has 1 unspecified atom stereocenters. The smallest absolute Gasteiger partial charge is 0.328 e. The molecule has 1 atom stereocenters. The van der Waals surface area contributed by atoms with E-state index in [1.54, 1.807) is 12.1 Å². The highest BCUT2D eigenvalue weighted by molar-refractivity contribution is 5.94. The summed E-state index contributed by atoms with van der Waals surface area (Å²) >= 11 is 0. The first-order valence-corrected chi connectivity index (χ1v) is 9.88. The zero-order valence-electron chi connectivity index (χ0n) is 16.8. The highest BCUT2D eigenvalue weighted by Crippen LogP contribution is 2.29. The van der Waals surface area contributed by atoms with Gasteiger partial charge in [-0.25, -0.2) is 14.2 Å². The van der Waals surface area contributed by atoms with Crippen molar-refractivity contribution in [1.82, 2.24) is 10.3 Å². The zero-order valence-corrected chi connectivity index (χ0v) is 16.8. The molecule has 2 amide bonds. The van der Waals surface area contributed by atoms with Crippen LogP contribution < -0.4 is 5.32 Å². The number of hydrogen-bond acceptors (Lipinski definition) is 2. The average molecular weight is 381 g/mol. The standard InChI is InChI=1S/C23H28FN3O/c1-4-5-14-21-20(17-10-9-13-19(24)15-17)16-27(26-21)22(28)25-23(2,3)18-11-7-6-8-12-18/h6-13,15,20H,4-5,14,16H2,1-3H3,(H,25,28). The molecular weight excluding hydrogens is 353 g/mol. The van der Waals surface area contributed by atoms with Gasteiger partial charge in [-0.05, 0) is 49.9 Å². The largest absolute Gasteiger partial charge is 0.338 e. The van der Waals surface area contributed by atoms with Crippen molar-refractivity contribution < 1.29 is 9.18 Å². The fraction of sp³-hybridized carbons (Fsp3) is 0.391. The first-order valence-electron chi connectivity index (χ1n) is 9.88. The molecule has 148 valence electrons. The Kier molecular flexibility index (Phi) is 6.12. The lowest BCUT2D eigenvalue weighted by atomic mass is 9.92. The van der Waals surface area contributed by atoms with E-state index in [1.165, 1.54) is 11.1 Å². The van der Waals surface area contributed by atoms with Gasteiger partial charge in [0.15, 0.2) is 0 Å². The number of carbonyl (C=O) groups excluding carboxylic acids is 1. The maximum atomic E-state index is 13.7. The highest BCUT2D eigenvalue weighted by atomic mass is 19.1. The number of rotatable bonds is 6. The normalized spacial score (nSPS) is 16.8. The summed E-state index contributed by atoms with van der Waals surface area (Å²) in [5, 5.41) is 9.18. The van der Waals surface area contributed by atoms with Gasteiger partial charge in [-0.1, -0.05) is 55.8 Å². The lowest BCUT2D eigenvalue weighted by molar-refractivity contribution is 0.192.